The lowest BCUT2D eigenvalue weighted by Gasteiger charge is -2.17. The number of aliphatic carboxylic acids is 1. The third-order valence-corrected chi connectivity index (χ3v) is 5.46. The van der Waals surface area contributed by atoms with Crippen molar-refractivity contribution in [3.8, 4) is 11.1 Å². The third kappa shape index (κ3) is 5.51. The molecule has 168 valence electrons. The second-order valence-electron chi connectivity index (χ2n) is 7.67. The first-order valence-electron chi connectivity index (χ1n) is 10.5. The van der Waals surface area contributed by atoms with Crippen LogP contribution in [-0.2, 0) is 19.1 Å². The molecule has 0 aliphatic heterocycles. The number of fused-ring (bicyclic) bond motifs is 3. The van der Waals surface area contributed by atoms with Gasteiger partial charge in [-0.2, -0.15) is 0 Å². The van der Waals surface area contributed by atoms with Crippen LogP contribution in [0.3, 0.4) is 0 Å². The van der Waals surface area contributed by atoms with Crippen molar-refractivity contribution in [2.75, 3.05) is 13.2 Å². The first kappa shape index (κ1) is 23.0. The number of amides is 2. The van der Waals surface area contributed by atoms with Gasteiger partial charge in [-0.15, -0.1) is 0 Å². The number of benzene rings is 2. The molecule has 0 bridgehead atoms. The molecule has 8 nitrogen and oxygen atoms in total. The summed E-state index contributed by atoms with van der Waals surface area (Å²) in [7, 11) is 0. The fraction of sp³-hybridized carbons (Fsp3) is 0.333. The van der Waals surface area contributed by atoms with E-state index in [2.05, 4.69) is 10.6 Å². The van der Waals surface area contributed by atoms with Crippen LogP contribution in [0.25, 0.3) is 11.1 Å². The summed E-state index contributed by atoms with van der Waals surface area (Å²) < 4.78 is 5.40. The van der Waals surface area contributed by atoms with E-state index in [9.17, 15) is 24.3 Å². The van der Waals surface area contributed by atoms with Crippen LogP contribution in [0.1, 0.15) is 43.2 Å². The summed E-state index contributed by atoms with van der Waals surface area (Å²) in [6.45, 7) is 1.53. The van der Waals surface area contributed by atoms with Crippen LogP contribution in [0.2, 0.25) is 0 Å². The van der Waals surface area contributed by atoms with Crippen molar-refractivity contribution in [1.29, 1.82) is 0 Å². The Morgan fingerprint density at radius 1 is 0.969 bits per heavy atom. The number of hydrogen-bond acceptors (Lipinski definition) is 5. The molecule has 3 N–H and O–H groups in total. The molecule has 0 radical (unpaired) electrons. The summed E-state index contributed by atoms with van der Waals surface area (Å²) in [6, 6.07) is 14.8. The largest absolute Gasteiger partial charge is 0.480 e. The van der Waals surface area contributed by atoms with Gasteiger partial charge in [0, 0.05) is 19.4 Å². The molecule has 1 aliphatic rings. The number of Topliss-reactive ketones (excluding diaryl/α,β-unsaturated/α-hetero) is 1. The van der Waals surface area contributed by atoms with Crippen LogP contribution in [-0.4, -0.2) is 48.1 Å². The van der Waals surface area contributed by atoms with Crippen molar-refractivity contribution >= 4 is 23.8 Å². The second-order valence-corrected chi connectivity index (χ2v) is 7.67. The highest BCUT2D eigenvalue weighted by atomic mass is 16.5. The van der Waals surface area contributed by atoms with Crippen LogP contribution < -0.4 is 10.6 Å². The molecule has 0 saturated carbocycles. The number of rotatable bonds is 10. The molecule has 1 aliphatic carbocycles. The van der Waals surface area contributed by atoms with Crippen LogP contribution in [0, 0.1) is 0 Å². The zero-order valence-electron chi connectivity index (χ0n) is 17.8. The van der Waals surface area contributed by atoms with Gasteiger partial charge in [0.15, 0.2) is 0 Å². The second kappa shape index (κ2) is 10.6. The van der Waals surface area contributed by atoms with E-state index in [0.717, 1.165) is 22.3 Å². The van der Waals surface area contributed by atoms with E-state index < -0.39 is 29.8 Å². The van der Waals surface area contributed by atoms with Crippen molar-refractivity contribution < 1.29 is 29.0 Å². The summed E-state index contributed by atoms with van der Waals surface area (Å²) in [4.78, 5) is 45.9. The molecule has 0 fully saturated rings. The minimum Gasteiger partial charge on any atom is -0.480 e. The zero-order chi connectivity index (χ0) is 23.1. The van der Waals surface area contributed by atoms with Crippen LogP contribution in [0.15, 0.2) is 48.5 Å². The van der Waals surface area contributed by atoms with Gasteiger partial charge in [0.2, 0.25) is 5.78 Å². The Labute approximate surface area is 186 Å². The van der Waals surface area contributed by atoms with E-state index in [1.165, 1.54) is 6.92 Å². The quantitative estimate of drug-likeness (QED) is 0.387. The molecule has 1 atom stereocenters. The Morgan fingerprint density at radius 2 is 1.56 bits per heavy atom. The molecule has 0 saturated heterocycles. The Balaban J connectivity index is 1.50. The molecule has 2 amide bonds. The topological polar surface area (TPSA) is 122 Å². The summed E-state index contributed by atoms with van der Waals surface area (Å²) in [5, 5.41) is 14.2. The number of carboxylic acids is 1. The average molecular weight is 438 g/mol. The van der Waals surface area contributed by atoms with E-state index in [0.29, 0.717) is 12.8 Å². The highest BCUT2D eigenvalue weighted by Gasteiger charge is 2.29. The maximum atomic E-state index is 12.3. The maximum Gasteiger partial charge on any atom is 0.407 e. The first-order chi connectivity index (χ1) is 15.4. The molecule has 0 heterocycles. The maximum absolute atomic E-state index is 12.3. The third-order valence-electron chi connectivity index (χ3n) is 5.46. The molecule has 2 aromatic carbocycles. The zero-order valence-corrected chi connectivity index (χ0v) is 17.8. The summed E-state index contributed by atoms with van der Waals surface area (Å²) in [5.74, 6) is -2.52. The highest BCUT2D eigenvalue weighted by molar-refractivity contribution is 6.35. The Kier molecular flexibility index (Phi) is 7.59. The normalized spacial score (nSPS) is 12.9. The van der Waals surface area contributed by atoms with E-state index in [-0.39, 0.29) is 25.5 Å². The van der Waals surface area contributed by atoms with Gasteiger partial charge in [-0.3, -0.25) is 9.59 Å². The van der Waals surface area contributed by atoms with Gasteiger partial charge in [0.1, 0.15) is 12.6 Å². The molecular weight excluding hydrogens is 412 g/mol. The number of nitrogens with one attached hydrogen (secondary N) is 2. The van der Waals surface area contributed by atoms with Crippen molar-refractivity contribution in [1.82, 2.24) is 10.6 Å². The van der Waals surface area contributed by atoms with Gasteiger partial charge in [-0.1, -0.05) is 48.5 Å². The number of hydrogen-bond donors (Lipinski definition) is 3. The van der Waals surface area contributed by atoms with Gasteiger partial charge < -0.3 is 20.5 Å². The minimum absolute atomic E-state index is 0.100. The lowest BCUT2D eigenvalue weighted by Crippen LogP contribution is -2.41. The smallest absolute Gasteiger partial charge is 0.407 e. The molecule has 0 spiro atoms. The van der Waals surface area contributed by atoms with Gasteiger partial charge in [0.25, 0.3) is 5.91 Å². The fourth-order valence-electron chi connectivity index (χ4n) is 3.84. The lowest BCUT2D eigenvalue weighted by atomic mass is 9.98. The SMILES string of the molecule is CC(=O)C(=O)NCCCC[C@H](NC(=O)OCC1c2ccccc2-c2ccccc21)C(=O)O. The number of alkyl carbamates (subject to hydrolysis) is 1. The van der Waals surface area contributed by atoms with Gasteiger partial charge in [-0.25, -0.2) is 9.59 Å². The minimum atomic E-state index is -1.16. The van der Waals surface area contributed by atoms with E-state index >= 15 is 0 Å². The predicted octanol–water partition coefficient (Wildman–Crippen LogP) is 2.85. The number of carboxylic acid groups (broad SMARTS) is 1. The van der Waals surface area contributed by atoms with Crippen molar-refractivity contribution in [3.63, 3.8) is 0 Å². The first-order valence-corrected chi connectivity index (χ1v) is 10.5. The summed E-state index contributed by atoms with van der Waals surface area (Å²) in [6.07, 6.45) is 0.313. The average Bonchev–Trinajstić information content (AvgIpc) is 3.10. The molecule has 3 rings (SSSR count). The molecule has 2 aromatic rings. The molecule has 32 heavy (non-hydrogen) atoms. The number of ketones is 1. The molecular formula is C24H26N2O6. The number of ether oxygens (including phenoxy) is 1. The summed E-state index contributed by atoms with van der Waals surface area (Å²) in [5.41, 5.74) is 4.36. The molecule has 0 unspecified atom stereocenters. The van der Waals surface area contributed by atoms with Gasteiger partial charge in [0.05, 0.1) is 0 Å². The van der Waals surface area contributed by atoms with Crippen molar-refractivity contribution in [3.05, 3.63) is 59.7 Å². The number of carbonyl (C=O) groups excluding carboxylic acids is 3. The number of carbonyl (C=O) groups is 4. The lowest BCUT2D eigenvalue weighted by molar-refractivity contribution is -0.139. The molecule has 8 heteroatoms. The summed E-state index contributed by atoms with van der Waals surface area (Å²) >= 11 is 0. The van der Waals surface area contributed by atoms with Crippen LogP contribution in [0.4, 0.5) is 4.79 Å². The van der Waals surface area contributed by atoms with E-state index in [1.807, 2.05) is 48.5 Å². The van der Waals surface area contributed by atoms with Gasteiger partial charge in [-0.05, 0) is 41.5 Å². The number of unbranched alkanes of at least 4 members (excludes halogenated alkanes) is 1. The highest BCUT2D eigenvalue weighted by Crippen LogP contribution is 2.44. The fourth-order valence-corrected chi connectivity index (χ4v) is 3.84. The molecule has 0 aromatic heterocycles. The van der Waals surface area contributed by atoms with Gasteiger partial charge >= 0.3 is 12.1 Å². The standard InChI is InChI=1S/C24H26N2O6/c1-15(27)22(28)25-13-7-6-12-21(23(29)30)26-24(31)32-14-20-18-10-4-2-8-16(18)17-9-3-5-11-19(17)20/h2-5,8-11,20-21H,6-7,12-14H2,1H3,(H,25,28)(H,26,31)(H,29,30)/t21-/m0/s1. The predicted molar refractivity (Wildman–Crippen MR) is 117 cm³/mol. The Morgan fingerprint density at radius 3 is 2.12 bits per heavy atom. The van der Waals surface area contributed by atoms with Crippen molar-refractivity contribution in [2.24, 2.45) is 0 Å². The Hall–Kier alpha value is -3.68. The van der Waals surface area contributed by atoms with Crippen LogP contribution in [0.5, 0.6) is 0 Å². The monoisotopic (exact) mass is 438 g/mol. The van der Waals surface area contributed by atoms with E-state index in [4.69, 9.17) is 4.74 Å². The van der Waals surface area contributed by atoms with Crippen LogP contribution >= 0.6 is 0 Å². The van der Waals surface area contributed by atoms with Crippen molar-refractivity contribution in [2.45, 2.75) is 38.1 Å². The van der Waals surface area contributed by atoms with E-state index in [1.54, 1.807) is 0 Å². The Bertz CT molecular complexity index is 974.